The Morgan fingerprint density at radius 2 is 2.20 bits per heavy atom. The molecular weight excluding hydrogens is 234 g/mol. The molecular formula is C10H18ClNO2S. The smallest absolute Gasteiger partial charge is 0.212 e. The Hall–Kier alpha value is 0.200. The van der Waals surface area contributed by atoms with Gasteiger partial charge in [-0.25, -0.2) is 8.42 Å². The molecule has 0 spiro atoms. The molecule has 1 aliphatic heterocycles. The molecule has 1 saturated carbocycles. The predicted octanol–water partition coefficient (Wildman–Crippen LogP) is 1.68. The molecule has 1 heterocycles. The van der Waals surface area contributed by atoms with Gasteiger partial charge in [-0.1, -0.05) is 6.92 Å². The summed E-state index contributed by atoms with van der Waals surface area (Å²) in [5.41, 5.74) is 0. The molecule has 3 nitrogen and oxygen atoms in total. The maximum atomic E-state index is 12.1. The van der Waals surface area contributed by atoms with Gasteiger partial charge in [0.05, 0.1) is 5.75 Å². The number of halogens is 1. The van der Waals surface area contributed by atoms with Crippen LogP contribution < -0.4 is 0 Å². The molecule has 0 aromatic rings. The summed E-state index contributed by atoms with van der Waals surface area (Å²) in [4.78, 5) is 0. The topological polar surface area (TPSA) is 37.4 Å². The molecule has 88 valence electrons. The highest BCUT2D eigenvalue weighted by atomic mass is 35.5. The number of alkyl halides is 1. The summed E-state index contributed by atoms with van der Waals surface area (Å²) in [7, 11) is -3.05. The van der Waals surface area contributed by atoms with Gasteiger partial charge in [0, 0.05) is 18.5 Å². The molecule has 0 aromatic carbocycles. The first-order chi connectivity index (χ1) is 7.03. The highest BCUT2D eigenvalue weighted by Crippen LogP contribution is 2.39. The zero-order valence-corrected chi connectivity index (χ0v) is 10.6. The molecule has 5 heteroatoms. The lowest BCUT2D eigenvalue weighted by molar-refractivity contribution is 0.331. The summed E-state index contributed by atoms with van der Waals surface area (Å²) in [6, 6.07) is 0.294. The molecule has 2 fully saturated rings. The van der Waals surface area contributed by atoms with E-state index in [1.54, 1.807) is 4.31 Å². The van der Waals surface area contributed by atoms with Crippen LogP contribution in [0.3, 0.4) is 0 Å². The van der Waals surface area contributed by atoms with E-state index >= 15 is 0 Å². The van der Waals surface area contributed by atoms with Crippen LogP contribution in [0.25, 0.3) is 0 Å². The van der Waals surface area contributed by atoms with Crippen molar-refractivity contribution in [2.75, 3.05) is 18.2 Å². The minimum atomic E-state index is -3.05. The van der Waals surface area contributed by atoms with E-state index in [0.717, 1.165) is 19.4 Å². The van der Waals surface area contributed by atoms with Crippen molar-refractivity contribution >= 4 is 21.6 Å². The SMILES string of the molecule is CC(CCl)CS(=O)(=O)N1CC2CCC1C2. The Morgan fingerprint density at radius 3 is 2.67 bits per heavy atom. The minimum Gasteiger partial charge on any atom is -0.212 e. The van der Waals surface area contributed by atoms with Gasteiger partial charge in [-0.15, -0.1) is 11.6 Å². The Morgan fingerprint density at radius 1 is 1.47 bits per heavy atom. The molecule has 3 unspecified atom stereocenters. The summed E-state index contributed by atoms with van der Waals surface area (Å²) in [5, 5.41) is 0. The molecule has 2 aliphatic rings. The van der Waals surface area contributed by atoms with Crippen molar-refractivity contribution in [3.63, 3.8) is 0 Å². The third-order valence-corrected chi connectivity index (χ3v) is 6.15. The van der Waals surface area contributed by atoms with Gasteiger partial charge in [0.2, 0.25) is 10.0 Å². The number of hydrogen-bond donors (Lipinski definition) is 0. The van der Waals surface area contributed by atoms with E-state index in [9.17, 15) is 8.42 Å². The summed E-state index contributed by atoms with van der Waals surface area (Å²) < 4.78 is 25.8. The predicted molar refractivity (Wildman–Crippen MR) is 61.5 cm³/mol. The highest BCUT2D eigenvalue weighted by molar-refractivity contribution is 7.89. The van der Waals surface area contributed by atoms with Gasteiger partial charge in [-0.05, 0) is 31.1 Å². The quantitative estimate of drug-likeness (QED) is 0.713. The number of nitrogens with zero attached hydrogens (tertiary/aromatic N) is 1. The van der Waals surface area contributed by atoms with Crippen LogP contribution in [0.5, 0.6) is 0 Å². The Kier molecular flexibility index (Phi) is 3.29. The van der Waals surface area contributed by atoms with E-state index in [1.165, 1.54) is 6.42 Å². The number of piperidine rings is 1. The summed E-state index contributed by atoms with van der Waals surface area (Å²) in [6.07, 6.45) is 3.34. The molecule has 0 radical (unpaired) electrons. The molecule has 1 aliphatic carbocycles. The van der Waals surface area contributed by atoms with E-state index in [-0.39, 0.29) is 11.7 Å². The molecule has 2 rings (SSSR count). The van der Waals surface area contributed by atoms with Crippen LogP contribution >= 0.6 is 11.6 Å². The van der Waals surface area contributed by atoms with Crippen molar-refractivity contribution < 1.29 is 8.42 Å². The minimum absolute atomic E-state index is 0.0517. The average molecular weight is 252 g/mol. The lowest BCUT2D eigenvalue weighted by Gasteiger charge is -2.27. The maximum absolute atomic E-state index is 12.1. The second-order valence-corrected chi connectivity index (χ2v) is 7.22. The number of rotatable bonds is 4. The van der Waals surface area contributed by atoms with Crippen molar-refractivity contribution in [3.05, 3.63) is 0 Å². The third-order valence-electron chi connectivity index (χ3n) is 3.47. The monoisotopic (exact) mass is 251 g/mol. The molecule has 2 bridgehead atoms. The Bertz CT molecular complexity index is 330. The molecule has 0 amide bonds. The largest absolute Gasteiger partial charge is 0.214 e. The molecule has 3 atom stereocenters. The number of hydrogen-bond acceptors (Lipinski definition) is 2. The zero-order valence-electron chi connectivity index (χ0n) is 9.02. The normalized spacial score (nSPS) is 33.5. The van der Waals surface area contributed by atoms with Crippen LogP contribution in [0.2, 0.25) is 0 Å². The lowest BCUT2D eigenvalue weighted by atomic mass is 10.1. The van der Waals surface area contributed by atoms with Gasteiger partial charge in [0.1, 0.15) is 0 Å². The Labute approximate surface area is 96.8 Å². The van der Waals surface area contributed by atoms with Gasteiger partial charge in [0.15, 0.2) is 0 Å². The maximum Gasteiger partial charge on any atom is 0.214 e. The van der Waals surface area contributed by atoms with Gasteiger partial charge in [-0.3, -0.25) is 0 Å². The van der Waals surface area contributed by atoms with Crippen molar-refractivity contribution in [3.8, 4) is 0 Å². The van der Waals surface area contributed by atoms with Crippen LogP contribution in [0.4, 0.5) is 0 Å². The Balaban J connectivity index is 2.03. The van der Waals surface area contributed by atoms with Gasteiger partial charge < -0.3 is 0 Å². The fourth-order valence-corrected chi connectivity index (χ4v) is 5.07. The fraction of sp³-hybridized carbons (Fsp3) is 1.00. The number of fused-ring (bicyclic) bond motifs is 2. The van der Waals surface area contributed by atoms with E-state index in [4.69, 9.17) is 11.6 Å². The molecule has 15 heavy (non-hydrogen) atoms. The van der Waals surface area contributed by atoms with Crippen LogP contribution in [0, 0.1) is 11.8 Å². The van der Waals surface area contributed by atoms with Gasteiger partial charge in [0.25, 0.3) is 0 Å². The second kappa shape index (κ2) is 4.22. The summed E-state index contributed by atoms with van der Waals surface area (Å²) >= 11 is 5.66. The summed E-state index contributed by atoms with van der Waals surface area (Å²) in [6.45, 7) is 2.64. The highest BCUT2D eigenvalue weighted by Gasteiger charge is 2.43. The number of sulfonamides is 1. The van der Waals surface area contributed by atoms with Crippen molar-refractivity contribution in [1.29, 1.82) is 0 Å². The second-order valence-electron chi connectivity index (χ2n) is 4.94. The first-order valence-electron chi connectivity index (χ1n) is 5.58. The van der Waals surface area contributed by atoms with E-state index < -0.39 is 10.0 Å². The van der Waals surface area contributed by atoms with Crippen LogP contribution in [-0.4, -0.2) is 36.9 Å². The molecule has 1 saturated heterocycles. The van der Waals surface area contributed by atoms with E-state index in [2.05, 4.69) is 0 Å². The lowest BCUT2D eigenvalue weighted by Crippen LogP contribution is -2.40. The van der Waals surface area contributed by atoms with Crippen molar-refractivity contribution in [1.82, 2.24) is 4.31 Å². The van der Waals surface area contributed by atoms with Crippen molar-refractivity contribution in [2.45, 2.75) is 32.2 Å². The van der Waals surface area contributed by atoms with Crippen LogP contribution in [-0.2, 0) is 10.0 Å². The van der Waals surface area contributed by atoms with E-state index in [1.807, 2.05) is 6.92 Å². The zero-order chi connectivity index (χ0) is 11.1. The molecule has 0 aromatic heterocycles. The average Bonchev–Trinajstić information content (AvgIpc) is 2.77. The fourth-order valence-electron chi connectivity index (χ4n) is 2.72. The van der Waals surface area contributed by atoms with Gasteiger partial charge in [-0.2, -0.15) is 4.31 Å². The standard InChI is InChI=1S/C10H18ClNO2S/c1-8(5-11)7-15(13,14)12-6-9-2-3-10(12)4-9/h8-10H,2-7H2,1H3. The summed E-state index contributed by atoms with van der Waals surface area (Å²) in [5.74, 6) is 1.30. The first kappa shape index (κ1) is 11.7. The molecule has 0 N–H and O–H groups in total. The van der Waals surface area contributed by atoms with Gasteiger partial charge >= 0.3 is 0 Å². The first-order valence-corrected chi connectivity index (χ1v) is 7.73. The van der Waals surface area contributed by atoms with Crippen LogP contribution in [0.15, 0.2) is 0 Å². The van der Waals surface area contributed by atoms with Crippen LogP contribution in [0.1, 0.15) is 26.2 Å². The van der Waals surface area contributed by atoms with Crippen molar-refractivity contribution in [2.24, 2.45) is 11.8 Å². The van der Waals surface area contributed by atoms with E-state index in [0.29, 0.717) is 17.8 Å². The third kappa shape index (κ3) is 2.32.